The van der Waals surface area contributed by atoms with Gasteiger partial charge in [0.2, 0.25) is 11.7 Å². The lowest BCUT2D eigenvalue weighted by Crippen LogP contribution is -2.50. The molecule has 0 spiro atoms. The van der Waals surface area contributed by atoms with Crippen molar-refractivity contribution in [2.75, 3.05) is 6.54 Å². The van der Waals surface area contributed by atoms with Gasteiger partial charge in [-0.15, -0.1) is 0 Å². The van der Waals surface area contributed by atoms with E-state index in [1.54, 1.807) is 30.9 Å². The van der Waals surface area contributed by atoms with Crippen LogP contribution in [0.15, 0.2) is 12.1 Å². The van der Waals surface area contributed by atoms with Crippen LogP contribution in [0.3, 0.4) is 0 Å². The summed E-state index contributed by atoms with van der Waals surface area (Å²) in [6.45, 7) is 7.89. The van der Waals surface area contributed by atoms with Gasteiger partial charge in [-0.05, 0) is 39.7 Å². The van der Waals surface area contributed by atoms with Gasteiger partial charge in [-0.1, -0.05) is 6.92 Å². The fraction of sp³-hybridized carbons (Fsp3) is 0.550. The summed E-state index contributed by atoms with van der Waals surface area (Å²) in [5.74, 6) is 0.735. The zero-order valence-corrected chi connectivity index (χ0v) is 15.7. The molecule has 2 aliphatic rings. The topological polar surface area (TPSA) is 79.6 Å². The molecule has 2 aliphatic heterocycles. The molecule has 1 aromatic rings. The maximum Gasteiger partial charge on any atom is 0.223 e. The molecule has 0 aromatic heterocycles. The van der Waals surface area contributed by atoms with Crippen molar-refractivity contribution in [3.8, 4) is 17.6 Å². The quantitative estimate of drug-likeness (QED) is 0.828. The number of Topliss-reactive ketones (excluding diaryl/α,β-unsaturated/α-hetero) is 1. The Morgan fingerprint density at radius 1 is 1.42 bits per heavy atom. The fourth-order valence-corrected chi connectivity index (χ4v) is 3.41. The van der Waals surface area contributed by atoms with Crippen LogP contribution < -0.4 is 9.47 Å². The Balaban J connectivity index is 2.12. The Hall–Kier alpha value is -2.55. The number of fused-ring (bicyclic) bond motifs is 1. The maximum absolute atomic E-state index is 13.0. The van der Waals surface area contributed by atoms with Crippen molar-refractivity contribution in [1.29, 1.82) is 5.26 Å². The minimum absolute atomic E-state index is 0.0366. The van der Waals surface area contributed by atoms with Crippen molar-refractivity contribution in [2.45, 2.75) is 64.7 Å². The van der Waals surface area contributed by atoms with Crippen LogP contribution in [-0.4, -0.2) is 34.8 Å². The van der Waals surface area contributed by atoms with E-state index in [9.17, 15) is 14.9 Å². The third-order valence-electron chi connectivity index (χ3n) is 5.06. The van der Waals surface area contributed by atoms with Gasteiger partial charge < -0.3 is 14.4 Å². The van der Waals surface area contributed by atoms with E-state index in [0.717, 1.165) is 12.8 Å². The molecule has 2 unspecified atom stereocenters. The van der Waals surface area contributed by atoms with Crippen molar-refractivity contribution >= 4 is 11.7 Å². The molecule has 0 radical (unpaired) electrons. The summed E-state index contributed by atoms with van der Waals surface area (Å²) in [6.07, 6.45) is 1.94. The number of hydrogen-bond donors (Lipinski definition) is 0. The van der Waals surface area contributed by atoms with Crippen LogP contribution in [0.25, 0.3) is 0 Å². The van der Waals surface area contributed by atoms with Gasteiger partial charge in [-0.25, -0.2) is 0 Å². The molecule has 0 N–H and O–H groups in total. The first-order valence-electron chi connectivity index (χ1n) is 9.06. The van der Waals surface area contributed by atoms with Gasteiger partial charge in [0.05, 0.1) is 11.7 Å². The molecule has 6 heteroatoms. The Labute approximate surface area is 153 Å². The van der Waals surface area contributed by atoms with Crippen molar-refractivity contribution in [3.63, 3.8) is 0 Å². The number of hydrogen-bond acceptors (Lipinski definition) is 5. The molecule has 1 aromatic carbocycles. The van der Waals surface area contributed by atoms with Crippen molar-refractivity contribution in [3.05, 3.63) is 23.3 Å². The van der Waals surface area contributed by atoms with Crippen LogP contribution in [-0.2, 0) is 9.59 Å². The highest BCUT2D eigenvalue weighted by Gasteiger charge is 2.47. The molecular formula is C20H24N2O4. The number of carbonyl (C=O) groups excluding carboxylic acids is 2. The molecule has 0 saturated carbocycles. The second kappa shape index (κ2) is 6.64. The highest BCUT2D eigenvalue weighted by Crippen LogP contribution is 2.44. The SMILES string of the molecule is CCC(C)Oc1cc2c(cc1C#N)C(N1CCCC1=O)C(=O)C(C)(C)O2. The lowest BCUT2D eigenvalue weighted by Gasteiger charge is -2.40. The van der Waals surface area contributed by atoms with Crippen LogP contribution in [0.5, 0.6) is 11.5 Å². The number of nitriles is 1. The number of rotatable bonds is 4. The lowest BCUT2D eigenvalue weighted by molar-refractivity contribution is -0.146. The Morgan fingerprint density at radius 3 is 2.73 bits per heavy atom. The predicted molar refractivity (Wildman–Crippen MR) is 94.9 cm³/mol. The summed E-state index contributed by atoms with van der Waals surface area (Å²) < 4.78 is 11.8. The second-order valence-corrected chi connectivity index (χ2v) is 7.40. The largest absolute Gasteiger partial charge is 0.489 e. The van der Waals surface area contributed by atoms with Crippen LogP contribution in [0, 0.1) is 11.3 Å². The number of ketones is 1. The van der Waals surface area contributed by atoms with Gasteiger partial charge in [-0.2, -0.15) is 5.26 Å². The Morgan fingerprint density at radius 2 is 2.15 bits per heavy atom. The first kappa shape index (κ1) is 18.2. The molecule has 1 saturated heterocycles. The Bertz CT molecular complexity index is 794. The average Bonchev–Trinajstić information content (AvgIpc) is 3.01. The van der Waals surface area contributed by atoms with Gasteiger partial charge in [-0.3, -0.25) is 9.59 Å². The highest BCUT2D eigenvalue weighted by atomic mass is 16.5. The smallest absolute Gasteiger partial charge is 0.223 e. The van der Waals surface area contributed by atoms with Crippen LogP contribution >= 0.6 is 0 Å². The van der Waals surface area contributed by atoms with E-state index in [1.807, 2.05) is 13.8 Å². The molecule has 2 heterocycles. The fourth-order valence-electron chi connectivity index (χ4n) is 3.41. The van der Waals surface area contributed by atoms with Crippen LogP contribution in [0.4, 0.5) is 0 Å². The summed E-state index contributed by atoms with van der Waals surface area (Å²) in [7, 11) is 0. The van der Waals surface area contributed by atoms with Gasteiger partial charge in [0.15, 0.2) is 5.60 Å². The van der Waals surface area contributed by atoms with Crippen LogP contribution in [0.1, 0.15) is 64.1 Å². The van der Waals surface area contributed by atoms with E-state index in [1.165, 1.54) is 0 Å². The number of likely N-dealkylation sites (tertiary alicyclic amines) is 1. The molecule has 138 valence electrons. The summed E-state index contributed by atoms with van der Waals surface area (Å²) in [5.41, 5.74) is -0.142. The average molecular weight is 356 g/mol. The first-order chi connectivity index (χ1) is 12.3. The van der Waals surface area contributed by atoms with Gasteiger partial charge in [0, 0.05) is 24.6 Å². The van der Waals surface area contributed by atoms with E-state index >= 15 is 0 Å². The van der Waals surface area contributed by atoms with Crippen molar-refractivity contribution < 1.29 is 19.1 Å². The molecule has 0 bridgehead atoms. The van der Waals surface area contributed by atoms with Gasteiger partial charge in [0.25, 0.3) is 0 Å². The molecule has 2 atom stereocenters. The normalized spacial score (nSPS) is 22.4. The number of carbonyl (C=O) groups is 2. The second-order valence-electron chi connectivity index (χ2n) is 7.40. The monoisotopic (exact) mass is 356 g/mol. The predicted octanol–water partition coefficient (Wildman–Crippen LogP) is 3.14. The molecule has 0 aliphatic carbocycles. The van der Waals surface area contributed by atoms with E-state index < -0.39 is 11.6 Å². The number of ether oxygens (including phenoxy) is 2. The zero-order valence-electron chi connectivity index (χ0n) is 15.7. The van der Waals surface area contributed by atoms with Crippen molar-refractivity contribution in [2.24, 2.45) is 0 Å². The summed E-state index contributed by atoms with van der Waals surface area (Å²) in [4.78, 5) is 26.9. The molecule has 3 rings (SSSR count). The summed E-state index contributed by atoms with van der Waals surface area (Å²) >= 11 is 0. The number of benzene rings is 1. The maximum atomic E-state index is 13.0. The third kappa shape index (κ3) is 3.03. The van der Waals surface area contributed by atoms with Crippen molar-refractivity contribution in [1.82, 2.24) is 4.90 Å². The summed E-state index contributed by atoms with van der Waals surface area (Å²) in [6, 6.07) is 4.74. The number of amides is 1. The molecule has 1 fully saturated rings. The molecular weight excluding hydrogens is 332 g/mol. The first-order valence-corrected chi connectivity index (χ1v) is 9.06. The molecule has 6 nitrogen and oxygen atoms in total. The van der Waals surface area contributed by atoms with Gasteiger partial charge in [0.1, 0.15) is 23.6 Å². The zero-order chi connectivity index (χ0) is 19.1. The Kier molecular flexibility index (Phi) is 4.66. The highest BCUT2D eigenvalue weighted by molar-refractivity contribution is 5.98. The van der Waals surface area contributed by atoms with Crippen LogP contribution in [0.2, 0.25) is 0 Å². The van der Waals surface area contributed by atoms with E-state index in [4.69, 9.17) is 9.47 Å². The minimum atomic E-state index is -1.05. The molecule has 1 amide bonds. The van der Waals surface area contributed by atoms with E-state index in [2.05, 4.69) is 6.07 Å². The van der Waals surface area contributed by atoms with E-state index in [0.29, 0.717) is 35.6 Å². The standard InChI is InChI=1S/C20H24N2O4/c1-5-12(2)25-15-10-16-14(9-13(15)11-21)18(19(24)20(3,4)26-16)22-8-6-7-17(22)23/h9-10,12,18H,5-8H2,1-4H3. The lowest BCUT2D eigenvalue weighted by atomic mass is 9.86. The number of nitrogens with zero attached hydrogens (tertiary/aromatic N) is 2. The third-order valence-corrected chi connectivity index (χ3v) is 5.06. The minimum Gasteiger partial charge on any atom is -0.489 e. The van der Waals surface area contributed by atoms with Gasteiger partial charge >= 0.3 is 0 Å². The molecule has 26 heavy (non-hydrogen) atoms. The van der Waals surface area contributed by atoms with E-state index in [-0.39, 0.29) is 17.8 Å². The summed E-state index contributed by atoms with van der Waals surface area (Å²) in [5, 5.41) is 9.54.